The number of amides is 4. The number of nitrogens with two attached hydrogens (primary N) is 6. The van der Waals surface area contributed by atoms with Crippen LogP contribution in [0.5, 0.6) is 0 Å². The molecular formula is C29H59N11O5. The fourth-order valence-corrected chi connectivity index (χ4v) is 4.38. The number of aliphatic imine (C=N–C) groups is 1. The molecule has 16 N–H and O–H groups in total. The van der Waals surface area contributed by atoms with E-state index < -0.39 is 53.8 Å². The molecule has 4 amide bonds. The molecule has 16 nitrogen and oxygen atoms in total. The highest BCUT2D eigenvalue weighted by Crippen LogP contribution is 2.09. The van der Waals surface area contributed by atoms with Gasteiger partial charge in [0.05, 0.1) is 12.1 Å². The Morgan fingerprint density at radius 1 is 0.622 bits per heavy atom. The normalized spacial score (nSPS) is 14.4. The lowest BCUT2D eigenvalue weighted by Gasteiger charge is -2.27. The summed E-state index contributed by atoms with van der Waals surface area (Å²) in [4.78, 5) is 68.5. The second-order valence-electron chi connectivity index (χ2n) is 11.5. The molecular weight excluding hydrogens is 582 g/mol. The number of nitrogens with one attached hydrogen (secondary N) is 4. The first kappa shape index (κ1) is 41.7. The predicted molar refractivity (Wildman–Crippen MR) is 175 cm³/mol. The second-order valence-corrected chi connectivity index (χ2v) is 11.5. The molecule has 0 aromatic rings. The molecule has 16 heteroatoms. The van der Waals surface area contributed by atoms with Crippen LogP contribution in [0.3, 0.4) is 0 Å². The second kappa shape index (κ2) is 24.9. The van der Waals surface area contributed by atoms with Crippen LogP contribution in [0.25, 0.3) is 0 Å². The van der Waals surface area contributed by atoms with E-state index >= 15 is 0 Å². The molecule has 0 aliphatic rings. The van der Waals surface area contributed by atoms with Crippen molar-refractivity contribution in [2.24, 2.45) is 45.3 Å². The Morgan fingerprint density at radius 2 is 1.02 bits per heavy atom. The number of unbranched alkanes of at least 4 members (excludes halogenated alkanes) is 3. The number of carbonyl (C=O) groups is 5. The fraction of sp³-hybridized carbons (Fsp3) is 0.793. The minimum absolute atomic E-state index is 0.114. The van der Waals surface area contributed by atoms with Crippen LogP contribution in [0.15, 0.2) is 4.99 Å². The number of hydrogen-bond donors (Lipinski definition) is 10. The largest absolute Gasteiger partial charge is 0.370 e. The zero-order valence-corrected chi connectivity index (χ0v) is 27.1. The quantitative estimate of drug-likeness (QED) is 0.0204. The van der Waals surface area contributed by atoms with Crippen molar-refractivity contribution >= 4 is 35.9 Å². The van der Waals surface area contributed by atoms with Crippen LogP contribution in [0.1, 0.15) is 84.5 Å². The van der Waals surface area contributed by atoms with Crippen LogP contribution in [0.2, 0.25) is 0 Å². The molecule has 0 spiro atoms. The highest BCUT2D eigenvalue weighted by molar-refractivity contribution is 5.95. The SMILES string of the molecule is CC(C)[C@@H](C=O)NC(=O)[C@H](CCCCN)NC(=O)[C@H](CCCN=C(N)N)NC(=O)[C@H](CCCCN)NC(=O)[C@@H](N)CCCCN. The minimum atomic E-state index is -1.09. The van der Waals surface area contributed by atoms with Gasteiger partial charge in [-0.1, -0.05) is 20.3 Å². The van der Waals surface area contributed by atoms with Gasteiger partial charge in [-0.05, 0) is 89.8 Å². The van der Waals surface area contributed by atoms with Crippen molar-refractivity contribution in [3.8, 4) is 0 Å². The van der Waals surface area contributed by atoms with E-state index in [4.69, 9.17) is 34.4 Å². The lowest BCUT2D eigenvalue weighted by molar-refractivity contribution is -0.134. The molecule has 0 heterocycles. The molecule has 5 atom stereocenters. The van der Waals surface area contributed by atoms with Crippen molar-refractivity contribution in [2.75, 3.05) is 26.2 Å². The average molecular weight is 642 g/mol. The van der Waals surface area contributed by atoms with Gasteiger partial charge in [0.2, 0.25) is 23.6 Å². The lowest BCUT2D eigenvalue weighted by atomic mass is 10.0. The van der Waals surface area contributed by atoms with Gasteiger partial charge in [0.25, 0.3) is 0 Å². The molecule has 0 aromatic carbocycles. The Morgan fingerprint density at radius 3 is 1.42 bits per heavy atom. The topological polar surface area (TPSA) is 302 Å². The van der Waals surface area contributed by atoms with Crippen molar-refractivity contribution in [1.29, 1.82) is 0 Å². The molecule has 0 fully saturated rings. The Hall–Kier alpha value is -3.34. The first-order valence-corrected chi connectivity index (χ1v) is 16.0. The highest BCUT2D eigenvalue weighted by Gasteiger charge is 2.31. The van der Waals surface area contributed by atoms with Crippen LogP contribution in [-0.4, -0.2) is 92.3 Å². The standard InChI is InChI=1S/C29H59N11O5/c1-19(2)24(18-41)40-28(45)22(12-5-8-16-32)38-27(44)23(13-9-17-36-29(34)35)39-26(43)21(11-4-7-15-31)37-25(42)20(33)10-3-6-14-30/h18-24H,3-17,30-33H2,1-2H3,(H,37,42)(H,38,44)(H,39,43)(H,40,45)(H4,34,35,36)/t20-,21-,22-,23-,24+/m0/s1. The van der Waals surface area contributed by atoms with E-state index in [-0.39, 0.29) is 37.7 Å². The van der Waals surface area contributed by atoms with E-state index in [0.717, 1.165) is 6.42 Å². The van der Waals surface area contributed by atoms with Gasteiger partial charge in [-0.15, -0.1) is 0 Å². The van der Waals surface area contributed by atoms with E-state index in [0.29, 0.717) is 70.9 Å². The van der Waals surface area contributed by atoms with Crippen molar-refractivity contribution in [3.05, 3.63) is 0 Å². The molecule has 260 valence electrons. The van der Waals surface area contributed by atoms with Gasteiger partial charge < -0.3 is 60.5 Å². The molecule has 0 unspecified atom stereocenters. The molecule has 0 radical (unpaired) electrons. The van der Waals surface area contributed by atoms with Gasteiger partial charge in [0.15, 0.2) is 5.96 Å². The maximum atomic E-state index is 13.6. The van der Waals surface area contributed by atoms with Gasteiger partial charge in [0.1, 0.15) is 24.4 Å². The molecule has 0 bridgehead atoms. The molecule has 0 saturated heterocycles. The van der Waals surface area contributed by atoms with Crippen LogP contribution in [0, 0.1) is 5.92 Å². The number of guanidine groups is 1. The molecule has 0 saturated carbocycles. The maximum absolute atomic E-state index is 13.6. The van der Waals surface area contributed by atoms with Crippen LogP contribution < -0.4 is 55.7 Å². The third-order valence-corrected chi connectivity index (χ3v) is 7.22. The monoisotopic (exact) mass is 641 g/mol. The molecule has 0 aliphatic heterocycles. The van der Waals surface area contributed by atoms with Crippen molar-refractivity contribution < 1.29 is 24.0 Å². The molecule has 0 rings (SSSR count). The minimum Gasteiger partial charge on any atom is -0.370 e. The Kier molecular flexibility index (Phi) is 23.1. The number of hydrogen-bond acceptors (Lipinski definition) is 10. The van der Waals surface area contributed by atoms with E-state index in [1.54, 1.807) is 13.8 Å². The van der Waals surface area contributed by atoms with Crippen LogP contribution in [0.4, 0.5) is 0 Å². The first-order valence-electron chi connectivity index (χ1n) is 16.0. The van der Waals surface area contributed by atoms with Crippen molar-refractivity contribution in [1.82, 2.24) is 21.3 Å². The summed E-state index contributed by atoms with van der Waals surface area (Å²) in [7, 11) is 0. The summed E-state index contributed by atoms with van der Waals surface area (Å²) in [5.74, 6) is -2.47. The molecule has 0 aromatic heterocycles. The smallest absolute Gasteiger partial charge is 0.243 e. The first-order chi connectivity index (χ1) is 21.4. The van der Waals surface area contributed by atoms with Gasteiger partial charge in [-0.3, -0.25) is 24.2 Å². The lowest BCUT2D eigenvalue weighted by Crippen LogP contribution is -2.58. The predicted octanol–water partition coefficient (Wildman–Crippen LogP) is -2.45. The van der Waals surface area contributed by atoms with Gasteiger partial charge in [0, 0.05) is 6.54 Å². The highest BCUT2D eigenvalue weighted by atomic mass is 16.2. The third-order valence-electron chi connectivity index (χ3n) is 7.22. The summed E-state index contributed by atoms with van der Waals surface area (Å²) in [5, 5.41) is 10.9. The number of aldehydes is 1. The van der Waals surface area contributed by atoms with E-state index in [2.05, 4.69) is 26.3 Å². The number of carbonyl (C=O) groups excluding carboxylic acids is 5. The Balaban J connectivity index is 5.96. The van der Waals surface area contributed by atoms with E-state index in [1.807, 2.05) is 0 Å². The average Bonchev–Trinajstić information content (AvgIpc) is 2.99. The number of rotatable bonds is 26. The Bertz CT molecular complexity index is 915. The summed E-state index contributed by atoms with van der Waals surface area (Å²) in [5.41, 5.74) is 33.7. The van der Waals surface area contributed by atoms with Gasteiger partial charge in [-0.25, -0.2) is 0 Å². The zero-order chi connectivity index (χ0) is 34.2. The zero-order valence-electron chi connectivity index (χ0n) is 27.1. The van der Waals surface area contributed by atoms with Crippen LogP contribution in [-0.2, 0) is 24.0 Å². The molecule has 0 aliphatic carbocycles. The summed E-state index contributed by atoms with van der Waals surface area (Å²) in [6.45, 7) is 5.08. The third kappa shape index (κ3) is 18.9. The fourth-order valence-electron chi connectivity index (χ4n) is 4.38. The van der Waals surface area contributed by atoms with Gasteiger partial charge in [-0.2, -0.15) is 0 Å². The Labute approximate surface area is 267 Å². The molecule has 45 heavy (non-hydrogen) atoms. The summed E-state index contributed by atoms with van der Waals surface area (Å²) in [6.07, 6.45) is 5.80. The summed E-state index contributed by atoms with van der Waals surface area (Å²) in [6, 6.07) is -4.60. The summed E-state index contributed by atoms with van der Waals surface area (Å²) >= 11 is 0. The number of nitrogens with zero attached hydrogens (tertiary/aromatic N) is 1. The summed E-state index contributed by atoms with van der Waals surface area (Å²) < 4.78 is 0. The van der Waals surface area contributed by atoms with Crippen LogP contribution >= 0.6 is 0 Å². The van der Waals surface area contributed by atoms with Gasteiger partial charge >= 0.3 is 0 Å². The maximum Gasteiger partial charge on any atom is 0.243 e. The van der Waals surface area contributed by atoms with Crippen molar-refractivity contribution in [3.63, 3.8) is 0 Å². The van der Waals surface area contributed by atoms with E-state index in [1.165, 1.54) is 0 Å². The van der Waals surface area contributed by atoms with Crippen molar-refractivity contribution in [2.45, 2.75) is 115 Å². The van der Waals surface area contributed by atoms with E-state index in [9.17, 15) is 24.0 Å².